The molecule has 3 heterocycles. The summed E-state index contributed by atoms with van der Waals surface area (Å²) < 4.78 is 11.1. The Hall–Kier alpha value is -2.28. The van der Waals surface area contributed by atoms with Crippen LogP contribution in [0.25, 0.3) is 0 Å². The van der Waals surface area contributed by atoms with Gasteiger partial charge in [-0.2, -0.15) is 0 Å². The van der Waals surface area contributed by atoms with Gasteiger partial charge in [-0.3, -0.25) is 14.8 Å². The highest BCUT2D eigenvalue weighted by atomic mass is 16.5. The van der Waals surface area contributed by atoms with Gasteiger partial charge >= 0.3 is 0 Å². The predicted octanol–water partition coefficient (Wildman–Crippen LogP) is 2.73. The molecule has 1 saturated heterocycles. The lowest BCUT2D eigenvalue weighted by molar-refractivity contribution is -0.0260. The molecule has 0 aromatic carbocycles. The van der Waals surface area contributed by atoms with E-state index < -0.39 is 0 Å². The summed E-state index contributed by atoms with van der Waals surface area (Å²) in [6, 6.07) is 1.82. The molecular weight excluding hydrogens is 320 g/mol. The molecule has 132 valence electrons. The molecule has 4 rings (SSSR count). The molecule has 7 heteroatoms. The van der Waals surface area contributed by atoms with Crippen LogP contribution in [0.5, 0.6) is 0 Å². The fourth-order valence-corrected chi connectivity index (χ4v) is 3.63. The van der Waals surface area contributed by atoms with Crippen molar-refractivity contribution in [2.75, 3.05) is 19.7 Å². The highest BCUT2D eigenvalue weighted by molar-refractivity contribution is 5.91. The Balaban J connectivity index is 1.44. The minimum absolute atomic E-state index is 0.133. The lowest BCUT2D eigenvalue weighted by atomic mass is 9.87. The zero-order chi connectivity index (χ0) is 17.1. The van der Waals surface area contributed by atoms with E-state index >= 15 is 0 Å². The minimum Gasteiger partial charge on any atom is -0.368 e. The number of nitrogens with zero attached hydrogens (tertiary/aromatic N) is 4. The smallest absolute Gasteiger partial charge is 0.292 e. The quantitative estimate of drug-likeness (QED) is 0.853. The summed E-state index contributed by atoms with van der Waals surface area (Å²) in [5.74, 6) is 0.614. The van der Waals surface area contributed by atoms with Crippen LogP contribution >= 0.6 is 0 Å². The first-order valence-corrected chi connectivity index (χ1v) is 8.94. The monoisotopic (exact) mass is 342 g/mol. The molecule has 1 atom stereocenters. The summed E-state index contributed by atoms with van der Waals surface area (Å²) >= 11 is 0. The summed E-state index contributed by atoms with van der Waals surface area (Å²) in [6.45, 7) is 1.45. The topological polar surface area (TPSA) is 81.4 Å². The summed E-state index contributed by atoms with van der Waals surface area (Å²) in [5.41, 5.74) is 1.65. The lowest BCUT2D eigenvalue weighted by Crippen LogP contribution is -2.42. The largest absolute Gasteiger partial charge is 0.368 e. The Kier molecular flexibility index (Phi) is 4.74. The summed E-state index contributed by atoms with van der Waals surface area (Å²) in [4.78, 5) is 22.9. The van der Waals surface area contributed by atoms with Crippen LogP contribution in [0.2, 0.25) is 0 Å². The van der Waals surface area contributed by atoms with E-state index in [0.29, 0.717) is 31.4 Å². The SMILES string of the molecule is O=C(c1cc(C2CCCCC2)no1)N1CCO[C@H](c2cnccn2)C1. The van der Waals surface area contributed by atoms with E-state index in [-0.39, 0.29) is 12.0 Å². The molecule has 0 unspecified atom stereocenters. The van der Waals surface area contributed by atoms with Crippen molar-refractivity contribution in [1.82, 2.24) is 20.0 Å². The zero-order valence-corrected chi connectivity index (χ0v) is 14.1. The third-order valence-corrected chi connectivity index (χ3v) is 5.03. The Labute approximate surface area is 146 Å². The van der Waals surface area contributed by atoms with Crippen molar-refractivity contribution in [3.8, 4) is 0 Å². The maximum atomic E-state index is 12.8. The number of rotatable bonds is 3. The minimum atomic E-state index is -0.257. The summed E-state index contributed by atoms with van der Waals surface area (Å²) in [7, 11) is 0. The van der Waals surface area contributed by atoms with Gasteiger partial charge < -0.3 is 14.2 Å². The van der Waals surface area contributed by atoms with Gasteiger partial charge in [-0.25, -0.2) is 0 Å². The fourth-order valence-electron chi connectivity index (χ4n) is 3.63. The Morgan fingerprint density at radius 2 is 2.04 bits per heavy atom. The standard InChI is InChI=1S/C18H22N4O3/c23-18(16-10-14(21-25-16)13-4-2-1-3-5-13)22-8-9-24-17(12-22)15-11-19-6-7-20-15/h6-7,10-11,13,17H,1-5,8-9,12H2/t17-/m0/s1. The molecule has 25 heavy (non-hydrogen) atoms. The molecule has 0 bridgehead atoms. The number of morpholine rings is 1. The van der Waals surface area contributed by atoms with E-state index in [0.717, 1.165) is 24.2 Å². The Bertz CT molecular complexity index is 712. The number of hydrogen-bond donors (Lipinski definition) is 0. The second kappa shape index (κ2) is 7.31. The molecule has 0 radical (unpaired) electrons. The highest BCUT2D eigenvalue weighted by Crippen LogP contribution is 2.32. The molecule has 0 spiro atoms. The highest BCUT2D eigenvalue weighted by Gasteiger charge is 2.30. The molecule has 7 nitrogen and oxygen atoms in total. The first kappa shape index (κ1) is 16.2. The molecule has 0 N–H and O–H groups in total. The lowest BCUT2D eigenvalue weighted by Gasteiger charge is -2.31. The summed E-state index contributed by atoms with van der Waals surface area (Å²) in [6.07, 6.45) is 10.7. The van der Waals surface area contributed by atoms with Crippen LogP contribution in [0.1, 0.15) is 66.1 Å². The number of carbonyl (C=O) groups is 1. The predicted molar refractivity (Wildman–Crippen MR) is 89.0 cm³/mol. The van der Waals surface area contributed by atoms with Gasteiger partial charge in [0.2, 0.25) is 5.76 Å². The Morgan fingerprint density at radius 3 is 2.84 bits per heavy atom. The van der Waals surface area contributed by atoms with Gasteiger partial charge in [-0.15, -0.1) is 0 Å². The van der Waals surface area contributed by atoms with Crippen LogP contribution in [-0.4, -0.2) is 45.6 Å². The second-order valence-electron chi connectivity index (χ2n) is 6.69. The van der Waals surface area contributed by atoms with E-state index in [2.05, 4.69) is 15.1 Å². The van der Waals surface area contributed by atoms with Gasteiger partial charge in [0.15, 0.2) is 0 Å². The number of amides is 1. The molecule has 2 aromatic rings. The van der Waals surface area contributed by atoms with Crippen molar-refractivity contribution in [2.24, 2.45) is 0 Å². The fraction of sp³-hybridized carbons (Fsp3) is 0.556. The molecule has 2 aliphatic rings. The maximum Gasteiger partial charge on any atom is 0.292 e. The van der Waals surface area contributed by atoms with Crippen LogP contribution in [-0.2, 0) is 4.74 Å². The van der Waals surface area contributed by atoms with Crippen LogP contribution < -0.4 is 0 Å². The number of carbonyl (C=O) groups excluding carboxylic acids is 1. The van der Waals surface area contributed by atoms with Crippen LogP contribution in [0.3, 0.4) is 0 Å². The number of hydrogen-bond acceptors (Lipinski definition) is 6. The first-order chi connectivity index (χ1) is 12.3. The molecule has 2 fully saturated rings. The molecule has 1 amide bonds. The molecule has 1 saturated carbocycles. The van der Waals surface area contributed by atoms with E-state index in [1.807, 2.05) is 6.07 Å². The van der Waals surface area contributed by atoms with Crippen LogP contribution in [0.4, 0.5) is 0 Å². The molecular formula is C18H22N4O3. The van der Waals surface area contributed by atoms with Gasteiger partial charge in [0, 0.05) is 30.9 Å². The summed E-state index contributed by atoms with van der Waals surface area (Å²) in [5, 5.41) is 4.16. The van der Waals surface area contributed by atoms with Crippen LogP contribution in [0, 0.1) is 0 Å². The number of ether oxygens (including phenoxy) is 1. The van der Waals surface area contributed by atoms with Crippen LogP contribution in [0.15, 0.2) is 29.2 Å². The number of aromatic nitrogens is 3. The zero-order valence-electron chi connectivity index (χ0n) is 14.1. The average Bonchev–Trinajstić information content (AvgIpc) is 3.19. The molecule has 2 aromatic heterocycles. The Morgan fingerprint density at radius 1 is 1.16 bits per heavy atom. The van der Waals surface area contributed by atoms with Gasteiger partial charge in [0.25, 0.3) is 5.91 Å². The molecule has 1 aliphatic carbocycles. The van der Waals surface area contributed by atoms with Gasteiger partial charge in [0.1, 0.15) is 6.10 Å². The van der Waals surface area contributed by atoms with Gasteiger partial charge in [-0.1, -0.05) is 24.4 Å². The van der Waals surface area contributed by atoms with Crippen molar-refractivity contribution in [3.05, 3.63) is 41.8 Å². The normalized spacial score (nSPS) is 22.1. The van der Waals surface area contributed by atoms with Gasteiger partial charge in [-0.05, 0) is 12.8 Å². The maximum absolute atomic E-state index is 12.8. The van der Waals surface area contributed by atoms with E-state index in [9.17, 15) is 4.79 Å². The van der Waals surface area contributed by atoms with Crippen molar-refractivity contribution in [3.63, 3.8) is 0 Å². The third kappa shape index (κ3) is 3.56. The molecule has 1 aliphatic heterocycles. The third-order valence-electron chi connectivity index (χ3n) is 5.03. The average molecular weight is 342 g/mol. The van der Waals surface area contributed by atoms with Crippen molar-refractivity contribution in [2.45, 2.75) is 44.1 Å². The van der Waals surface area contributed by atoms with Crippen molar-refractivity contribution in [1.29, 1.82) is 0 Å². The second-order valence-corrected chi connectivity index (χ2v) is 6.69. The van der Waals surface area contributed by atoms with Gasteiger partial charge in [0.05, 0.1) is 30.7 Å². The van der Waals surface area contributed by atoms with E-state index in [1.54, 1.807) is 23.5 Å². The first-order valence-electron chi connectivity index (χ1n) is 8.94. The van der Waals surface area contributed by atoms with E-state index in [4.69, 9.17) is 9.26 Å². The van der Waals surface area contributed by atoms with Crippen molar-refractivity contribution < 1.29 is 14.1 Å². The van der Waals surface area contributed by atoms with E-state index in [1.165, 1.54) is 19.3 Å². The van der Waals surface area contributed by atoms with Crippen molar-refractivity contribution >= 4 is 5.91 Å².